The predicted octanol–water partition coefficient (Wildman–Crippen LogP) is 4.25. The van der Waals surface area contributed by atoms with Gasteiger partial charge in [0.1, 0.15) is 10.9 Å². The van der Waals surface area contributed by atoms with Crippen molar-refractivity contribution in [1.82, 2.24) is 0 Å². The van der Waals surface area contributed by atoms with Crippen LogP contribution < -0.4 is 5.32 Å². The van der Waals surface area contributed by atoms with E-state index in [0.717, 1.165) is 11.8 Å². The number of halogens is 1. The first-order chi connectivity index (χ1) is 9.58. The molecule has 1 aromatic carbocycles. The second-order valence-electron chi connectivity index (χ2n) is 5.37. The average Bonchev–Trinajstić information content (AvgIpc) is 2.29. The number of rotatable bonds is 4. The van der Waals surface area contributed by atoms with Crippen LogP contribution in [0.5, 0.6) is 0 Å². The molecular weight excluding hydrogens is 314 g/mol. The molecule has 2 N–H and O–H groups in total. The van der Waals surface area contributed by atoms with Gasteiger partial charge in [0.05, 0.1) is 5.69 Å². The summed E-state index contributed by atoms with van der Waals surface area (Å²) in [4.78, 5) is 23.4. The summed E-state index contributed by atoms with van der Waals surface area (Å²) < 4.78 is 5.17. The van der Waals surface area contributed by atoms with Crippen LogP contribution in [0.25, 0.3) is 0 Å². The number of carbonyl (C=O) groups excluding carboxylic acids is 1. The van der Waals surface area contributed by atoms with Gasteiger partial charge in [0.25, 0.3) is 0 Å². The van der Waals surface area contributed by atoms with Crippen LogP contribution in [0.2, 0.25) is 5.02 Å². The van der Waals surface area contributed by atoms with Crippen molar-refractivity contribution in [2.45, 2.75) is 43.4 Å². The average molecular weight is 332 g/mol. The number of anilines is 1. The summed E-state index contributed by atoms with van der Waals surface area (Å²) in [6, 6.07) is 4.86. The van der Waals surface area contributed by atoms with Crippen molar-refractivity contribution in [3.05, 3.63) is 23.2 Å². The Bertz CT molecular complexity index is 542. The third kappa shape index (κ3) is 6.27. The lowest BCUT2D eigenvalue weighted by Crippen LogP contribution is -2.27. The molecule has 7 heteroatoms. The van der Waals surface area contributed by atoms with Crippen molar-refractivity contribution in [3.63, 3.8) is 0 Å². The van der Waals surface area contributed by atoms with Gasteiger partial charge >= 0.3 is 12.1 Å². The quantitative estimate of drug-likeness (QED) is 0.806. The highest BCUT2D eigenvalue weighted by Crippen LogP contribution is 2.33. The molecule has 0 aliphatic carbocycles. The van der Waals surface area contributed by atoms with Crippen LogP contribution in [0, 0.1) is 0 Å². The first-order valence-electron chi connectivity index (χ1n) is 6.27. The van der Waals surface area contributed by atoms with Gasteiger partial charge in [-0.3, -0.25) is 10.1 Å². The topological polar surface area (TPSA) is 75.6 Å². The third-order valence-electron chi connectivity index (χ3n) is 2.23. The standard InChI is InChI=1S/C14H18ClNO4S/c1-8(12(17)18)21-11-6-5-9(15)7-10(11)16-13(19)20-14(2,3)4/h5-8H,1-4H3,(H,16,19)(H,17,18). The van der Waals surface area contributed by atoms with Crippen LogP contribution in [0.3, 0.4) is 0 Å². The molecule has 0 bridgehead atoms. The van der Waals surface area contributed by atoms with E-state index in [1.54, 1.807) is 45.9 Å². The Morgan fingerprint density at radius 3 is 2.52 bits per heavy atom. The molecule has 1 amide bonds. The Hall–Kier alpha value is -1.40. The minimum absolute atomic E-state index is 0.426. The van der Waals surface area contributed by atoms with E-state index >= 15 is 0 Å². The molecule has 116 valence electrons. The van der Waals surface area contributed by atoms with Gasteiger partial charge in [-0.25, -0.2) is 4.79 Å². The second-order valence-corrected chi connectivity index (χ2v) is 7.18. The van der Waals surface area contributed by atoms with Crippen LogP contribution in [0.4, 0.5) is 10.5 Å². The Labute approximate surface area is 133 Å². The molecule has 0 saturated carbocycles. The van der Waals surface area contributed by atoms with Crippen molar-refractivity contribution >= 4 is 41.1 Å². The monoisotopic (exact) mass is 331 g/mol. The molecule has 1 rings (SSSR count). The fourth-order valence-corrected chi connectivity index (χ4v) is 2.39. The number of nitrogens with one attached hydrogen (secondary N) is 1. The highest BCUT2D eigenvalue weighted by atomic mass is 35.5. The Morgan fingerprint density at radius 1 is 1.38 bits per heavy atom. The van der Waals surface area contributed by atoms with E-state index in [0.29, 0.717) is 15.6 Å². The zero-order chi connectivity index (χ0) is 16.2. The summed E-state index contributed by atoms with van der Waals surface area (Å²) >= 11 is 7.03. The molecule has 0 radical (unpaired) electrons. The molecule has 5 nitrogen and oxygen atoms in total. The molecular formula is C14H18ClNO4S. The number of benzene rings is 1. The lowest BCUT2D eigenvalue weighted by molar-refractivity contribution is -0.136. The second kappa shape index (κ2) is 7.04. The van der Waals surface area contributed by atoms with E-state index in [1.165, 1.54) is 0 Å². The number of aliphatic carboxylic acids is 1. The van der Waals surface area contributed by atoms with Gasteiger partial charge in [-0.1, -0.05) is 11.6 Å². The van der Waals surface area contributed by atoms with E-state index in [4.69, 9.17) is 21.4 Å². The maximum absolute atomic E-state index is 11.8. The number of carbonyl (C=O) groups is 2. The highest BCUT2D eigenvalue weighted by molar-refractivity contribution is 8.00. The molecule has 1 unspecified atom stereocenters. The molecule has 0 spiro atoms. The highest BCUT2D eigenvalue weighted by Gasteiger charge is 2.19. The van der Waals surface area contributed by atoms with Gasteiger partial charge in [0.2, 0.25) is 0 Å². The van der Waals surface area contributed by atoms with Gasteiger partial charge in [-0.05, 0) is 45.9 Å². The summed E-state index contributed by atoms with van der Waals surface area (Å²) in [5, 5.41) is 11.3. The van der Waals surface area contributed by atoms with E-state index in [-0.39, 0.29) is 0 Å². The van der Waals surface area contributed by atoms with Crippen molar-refractivity contribution in [2.75, 3.05) is 5.32 Å². The Kier molecular flexibility index (Phi) is 5.92. The van der Waals surface area contributed by atoms with Crippen LogP contribution in [0.15, 0.2) is 23.1 Å². The Morgan fingerprint density at radius 2 is 2.00 bits per heavy atom. The smallest absolute Gasteiger partial charge is 0.412 e. The van der Waals surface area contributed by atoms with Crippen LogP contribution in [-0.2, 0) is 9.53 Å². The maximum Gasteiger partial charge on any atom is 0.412 e. The van der Waals surface area contributed by atoms with Gasteiger partial charge in [-0.15, -0.1) is 11.8 Å². The van der Waals surface area contributed by atoms with E-state index < -0.39 is 22.9 Å². The van der Waals surface area contributed by atoms with Gasteiger partial charge in [0, 0.05) is 9.92 Å². The van der Waals surface area contributed by atoms with Crippen molar-refractivity contribution in [2.24, 2.45) is 0 Å². The summed E-state index contributed by atoms with van der Waals surface area (Å²) in [7, 11) is 0. The van der Waals surface area contributed by atoms with Crippen LogP contribution >= 0.6 is 23.4 Å². The lowest BCUT2D eigenvalue weighted by Gasteiger charge is -2.20. The molecule has 0 saturated heterocycles. The third-order valence-corrected chi connectivity index (χ3v) is 3.63. The largest absolute Gasteiger partial charge is 0.480 e. The van der Waals surface area contributed by atoms with Crippen LogP contribution in [0.1, 0.15) is 27.7 Å². The molecule has 0 heterocycles. The zero-order valence-corrected chi connectivity index (χ0v) is 13.8. The summed E-state index contributed by atoms with van der Waals surface area (Å²) in [5.41, 5.74) is -0.195. The van der Waals surface area contributed by atoms with Crippen LogP contribution in [-0.4, -0.2) is 28.0 Å². The van der Waals surface area contributed by atoms with Gasteiger partial charge in [0.15, 0.2) is 0 Å². The number of carboxylic acid groups (broad SMARTS) is 1. The first-order valence-corrected chi connectivity index (χ1v) is 7.53. The normalized spacial score (nSPS) is 12.6. The fourth-order valence-electron chi connectivity index (χ4n) is 1.36. The molecule has 0 fully saturated rings. The molecule has 1 aromatic rings. The minimum Gasteiger partial charge on any atom is -0.480 e. The molecule has 1 atom stereocenters. The number of amides is 1. The van der Waals surface area contributed by atoms with Crippen molar-refractivity contribution in [1.29, 1.82) is 0 Å². The van der Waals surface area contributed by atoms with E-state index in [1.807, 2.05) is 0 Å². The van der Waals surface area contributed by atoms with E-state index in [9.17, 15) is 9.59 Å². The molecule has 0 aromatic heterocycles. The first kappa shape index (κ1) is 17.7. The predicted molar refractivity (Wildman–Crippen MR) is 84.3 cm³/mol. The fraction of sp³-hybridized carbons (Fsp3) is 0.429. The number of ether oxygens (including phenoxy) is 1. The number of carboxylic acids is 1. The molecule has 0 aliphatic rings. The number of hydrogen-bond donors (Lipinski definition) is 2. The maximum atomic E-state index is 11.8. The van der Waals surface area contributed by atoms with Crippen molar-refractivity contribution < 1.29 is 19.4 Å². The zero-order valence-electron chi connectivity index (χ0n) is 12.3. The summed E-state index contributed by atoms with van der Waals surface area (Å²) in [5.74, 6) is -0.932. The Balaban J connectivity index is 2.92. The van der Waals surface area contributed by atoms with Gasteiger partial charge < -0.3 is 9.84 Å². The summed E-state index contributed by atoms with van der Waals surface area (Å²) in [6.07, 6.45) is -0.616. The number of hydrogen-bond acceptors (Lipinski definition) is 4. The molecule has 0 aliphatic heterocycles. The minimum atomic E-state index is -0.932. The summed E-state index contributed by atoms with van der Waals surface area (Å²) in [6.45, 7) is 6.84. The molecule has 21 heavy (non-hydrogen) atoms. The van der Waals surface area contributed by atoms with Gasteiger partial charge in [-0.2, -0.15) is 0 Å². The number of thioether (sulfide) groups is 1. The lowest BCUT2D eigenvalue weighted by atomic mass is 10.2. The van der Waals surface area contributed by atoms with Crippen molar-refractivity contribution in [3.8, 4) is 0 Å². The van der Waals surface area contributed by atoms with E-state index in [2.05, 4.69) is 5.32 Å². The SMILES string of the molecule is CC(Sc1ccc(Cl)cc1NC(=O)OC(C)(C)C)C(=O)O.